The lowest BCUT2D eigenvalue weighted by atomic mass is 10.1. The van der Waals surface area contributed by atoms with Crippen LogP contribution in [0.1, 0.15) is 30.6 Å². The average molecular weight is 386 g/mol. The van der Waals surface area contributed by atoms with Gasteiger partial charge in [-0.2, -0.15) is 4.31 Å². The summed E-state index contributed by atoms with van der Waals surface area (Å²) in [5.41, 5.74) is -0.0178. The van der Waals surface area contributed by atoms with Crippen LogP contribution in [0.3, 0.4) is 0 Å². The topological polar surface area (TPSA) is 69.7 Å². The van der Waals surface area contributed by atoms with Gasteiger partial charge in [0.05, 0.1) is 11.3 Å². The Hall–Kier alpha value is -1.51. The quantitative estimate of drug-likeness (QED) is 0.737. The number of amides is 1. The largest absolute Gasteiger partial charge is 0.337 e. The van der Waals surface area contributed by atoms with Gasteiger partial charge < -0.3 is 10.2 Å². The van der Waals surface area contributed by atoms with Crippen LogP contribution in [0, 0.1) is 11.7 Å². The van der Waals surface area contributed by atoms with Crippen molar-refractivity contribution in [3.05, 3.63) is 35.6 Å². The molecule has 6 nitrogen and oxygen atoms in total. The predicted molar refractivity (Wildman–Crippen MR) is 100.0 cm³/mol. The first-order valence-corrected chi connectivity index (χ1v) is 10.6. The first kappa shape index (κ1) is 20.8. The van der Waals surface area contributed by atoms with Gasteiger partial charge >= 0.3 is 0 Å². The molecule has 1 aromatic rings. The normalized spacial score (nSPS) is 16.0. The molecule has 0 unspecified atom stereocenters. The Labute approximate surface area is 155 Å². The summed E-state index contributed by atoms with van der Waals surface area (Å²) in [6.45, 7) is 6.67. The molecule has 8 heteroatoms. The van der Waals surface area contributed by atoms with Crippen molar-refractivity contribution in [2.45, 2.75) is 20.3 Å². The van der Waals surface area contributed by atoms with Crippen molar-refractivity contribution in [2.24, 2.45) is 5.92 Å². The molecule has 1 amide bonds. The molecule has 1 aliphatic heterocycles. The highest BCUT2D eigenvalue weighted by Gasteiger charge is 2.26. The second-order valence-corrected chi connectivity index (χ2v) is 9.01. The zero-order valence-corrected chi connectivity index (χ0v) is 16.3. The fourth-order valence-corrected chi connectivity index (χ4v) is 4.26. The number of nitrogens with one attached hydrogen (secondary N) is 1. The number of piperazine rings is 1. The summed E-state index contributed by atoms with van der Waals surface area (Å²) >= 11 is 0. The van der Waals surface area contributed by atoms with E-state index in [0.29, 0.717) is 38.6 Å². The Kier molecular flexibility index (Phi) is 7.55. The molecule has 26 heavy (non-hydrogen) atoms. The molecule has 0 aromatic heterocycles. The van der Waals surface area contributed by atoms with Crippen molar-refractivity contribution in [3.8, 4) is 0 Å². The molecule has 146 valence electrons. The minimum absolute atomic E-state index is 0.0178. The van der Waals surface area contributed by atoms with Gasteiger partial charge in [0.2, 0.25) is 10.0 Å². The van der Waals surface area contributed by atoms with Crippen LogP contribution in [-0.4, -0.2) is 68.6 Å². The molecule has 1 aliphatic rings. The third kappa shape index (κ3) is 5.75. The molecule has 1 N–H and O–H groups in total. The summed E-state index contributed by atoms with van der Waals surface area (Å²) in [6, 6.07) is 5.81. The van der Waals surface area contributed by atoms with Gasteiger partial charge in [0.25, 0.3) is 5.91 Å². The van der Waals surface area contributed by atoms with Crippen LogP contribution in [0.2, 0.25) is 0 Å². The number of benzene rings is 1. The van der Waals surface area contributed by atoms with Gasteiger partial charge in [-0.05, 0) is 24.5 Å². The SMILES string of the molecule is CC(C)CCN(CCS(=O)(=O)N1CCNCC1)C(=O)c1ccccc1F. The smallest absolute Gasteiger partial charge is 0.256 e. The van der Waals surface area contributed by atoms with E-state index in [9.17, 15) is 17.6 Å². The summed E-state index contributed by atoms with van der Waals surface area (Å²) in [6.07, 6.45) is 0.730. The molecule has 0 spiro atoms. The number of nitrogens with zero attached hydrogens (tertiary/aromatic N) is 2. The molecule has 1 saturated heterocycles. The van der Waals surface area contributed by atoms with Crippen molar-refractivity contribution in [3.63, 3.8) is 0 Å². The van der Waals surface area contributed by atoms with Crippen molar-refractivity contribution in [1.29, 1.82) is 0 Å². The van der Waals surface area contributed by atoms with Crippen LogP contribution in [0.15, 0.2) is 24.3 Å². The number of carbonyl (C=O) groups excluding carboxylic acids is 1. The van der Waals surface area contributed by atoms with E-state index in [1.54, 1.807) is 6.07 Å². The molecule has 0 saturated carbocycles. The molecular formula is C18H28FN3O3S. The van der Waals surface area contributed by atoms with Crippen molar-refractivity contribution < 1.29 is 17.6 Å². The third-order valence-electron chi connectivity index (χ3n) is 4.46. The number of hydrogen-bond donors (Lipinski definition) is 1. The molecule has 0 radical (unpaired) electrons. The van der Waals surface area contributed by atoms with Crippen LogP contribution >= 0.6 is 0 Å². The Morgan fingerprint density at radius 2 is 1.88 bits per heavy atom. The number of hydrogen-bond acceptors (Lipinski definition) is 4. The first-order chi connectivity index (χ1) is 12.3. The standard InChI is InChI=1S/C18H28FN3O3S/c1-15(2)7-10-21(18(23)16-5-3-4-6-17(16)19)13-14-26(24,25)22-11-8-20-9-12-22/h3-6,15,20H,7-14H2,1-2H3. The Bertz CT molecular complexity index is 703. The second kappa shape index (κ2) is 9.43. The second-order valence-electron chi connectivity index (χ2n) is 6.92. The molecular weight excluding hydrogens is 357 g/mol. The van der Waals surface area contributed by atoms with Gasteiger partial charge in [0, 0.05) is 39.3 Å². The molecule has 0 atom stereocenters. The monoisotopic (exact) mass is 385 g/mol. The zero-order valence-electron chi connectivity index (χ0n) is 15.4. The summed E-state index contributed by atoms with van der Waals surface area (Å²) in [5, 5.41) is 3.12. The number of rotatable bonds is 8. The first-order valence-electron chi connectivity index (χ1n) is 9.03. The van der Waals surface area contributed by atoms with Crippen LogP contribution < -0.4 is 5.32 Å². The van der Waals surface area contributed by atoms with E-state index >= 15 is 0 Å². The van der Waals surface area contributed by atoms with Crippen LogP contribution in [0.4, 0.5) is 4.39 Å². The maximum Gasteiger partial charge on any atom is 0.256 e. The third-order valence-corrected chi connectivity index (χ3v) is 6.31. The minimum atomic E-state index is -3.44. The van der Waals surface area contributed by atoms with Gasteiger partial charge in [0.1, 0.15) is 5.82 Å². The van der Waals surface area contributed by atoms with Crippen molar-refractivity contribution in [2.75, 3.05) is 45.0 Å². The van der Waals surface area contributed by atoms with Gasteiger partial charge in [-0.25, -0.2) is 12.8 Å². The summed E-state index contributed by atoms with van der Waals surface area (Å²) in [4.78, 5) is 14.2. The van der Waals surface area contributed by atoms with Gasteiger partial charge in [-0.15, -0.1) is 0 Å². The molecule has 1 aromatic carbocycles. The minimum Gasteiger partial charge on any atom is -0.337 e. The predicted octanol–water partition coefficient (Wildman–Crippen LogP) is 1.55. The summed E-state index contributed by atoms with van der Waals surface area (Å²) < 4.78 is 40.5. The van der Waals surface area contributed by atoms with E-state index in [1.165, 1.54) is 27.4 Å². The highest BCUT2D eigenvalue weighted by molar-refractivity contribution is 7.89. The fraction of sp³-hybridized carbons (Fsp3) is 0.611. The lowest BCUT2D eigenvalue weighted by molar-refractivity contribution is 0.0753. The van der Waals surface area contributed by atoms with E-state index in [2.05, 4.69) is 5.32 Å². The lowest BCUT2D eigenvalue weighted by Gasteiger charge is -2.29. The van der Waals surface area contributed by atoms with Crippen molar-refractivity contribution >= 4 is 15.9 Å². The highest BCUT2D eigenvalue weighted by Crippen LogP contribution is 2.13. The van der Waals surface area contributed by atoms with Crippen molar-refractivity contribution in [1.82, 2.24) is 14.5 Å². The number of sulfonamides is 1. The molecule has 2 rings (SSSR count). The number of halogens is 1. The van der Waals surface area contributed by atoms with Gasteiger partial charge in [-0.1, -0.05) is 26.0 Å². The van der Waals surface area contributed by atoms with E-state index in [-0.39, 0.29) is 17.9 Å². The van der Waals surface area contributed by atoms with E-state index < -0.39 is 21.7 Å². The number of carbonyl (C=O) groups is 1. The van der Waals surface area contributed by atoms with Crippen LogP contribution in [-0.2, 0) is 10.0 Å². The highest BCUT2D eigenvalue weighted by atomic mass is 32.2. The van der Waals surface area contributed by atoms with Gasteiger partial charge in [0.15, 0.2) is 0 Å². The van der Waals surface area contributed by atoms with Gasteiger partial charge in [-0.3, -0.25) is 4.79 Å². The van der Waals surface area contributed by atoms with E-state index in [0.717, 1.165) is 6.42 Å². The zero-order chi connectivity index (χ0) is 19.2. The lowest BCUT2D eigenvalue weighted by Crippen LogP contribution is -2.48. The van der Waals surface area contributed by atoms with Crippen LogP contribution in [0.25, 0.3) is 0 Å². The summed E-state index contributed by atoms with van der Waals surface area (Å²) in [7, 11) is -3.44. The molecule has 0 bridgehead atoms. The average Bonchev–Trinajstić information content (AvgIpc) is 2.62. The molecule has 0 aliphatic carbocycles. The molecule has 1 fully saturated rings. The van der Waals surface area contributed by atoms with E-state index in [1.807, 2.05) is 13.8 Å². The summed E-state index contributed by atoms with van der Waals surface area (Å²) in [5.74, 6) is -0.836. The molecule has 1 heterocycles. The Morgan fingerprint density at radius 3 is 2.50 bits per heavy atom. The van der Waals surface area contributed by atoms with Crippen LogP contribution in [0.5, 0.6) is 0 Å². The Morgan fingerprint density at radius 1 is 1.23 bits per heavy atom. The Balaban J connectivity index is 2.09. The maximum absolute atomic E-state index is 14.0. The fourth-order valence-electron chi connectivity index (χ4n) is 2.81. The maximum atomic E-state index is 14.0. The van der Waals surface area contributed by atoms with E-state index in [4.69, 9.17) is 0 Å².